The van der Waals surface area contributed by atoms with E-state index in [0.717, 1.165) is 24.2 Å². The number of carbonyl (C=O) groups excluding carboxylic acids is 1. The average molecular weight is 327 g/mol. The smallest absolute Gasteiger partial charge is 0.234 e. The van der Waals surface area contributed by atoms with Crippen molar-refractivity contribution in [2.24, 2.45) is 5.92 Å². The van der Waals surface area contributed by atoms with E-state index in [-0.39, 0.29) is 17.7 Å². The van der Waals surface area contributed by atoms with Crippen LogP contribution >= 0.6 is 0 Å². The highest BCUT2D eigenvalue weighted by Gasteiger charge is 2.41. The first-order valence-electron chi connectivity index (χ1n) is 8.78. The quantitative estimate of drug-likeness (QED) is 0.681. The van der Waals surface area contributed by atoms with E-state index >= 15 is 0 Å². The molecule has 1 amide bonds. The molecule has 2 nitrogen and oxygen atoms in total. The zero-order valence-electron chi connectivity index (χ0n) is 14.1. The van der Waals surface area contributed by atoms with Gasteiger partial charge in [0.2, 0.25) is 5.91 Å². The summed E-state index contributed by atoms with van der Waals surface area (Å²) in [4.78, 5) is 15.2. The minimum Gasteiger partial charge on any atom is -0.312 e. The molecule has 1 aliphatic heterocycles. The molecule has 0 unspecified atom stereocenters. The summed E-state index contributed by atoms with van der Waals surface area (Å²) in [5.74, 6) is 0.400. The van der Waals surface area contributed by atoms with Gasteiger partial charge in [-0.15, -0.1) is 0 Å². The highest BCUT2D eigenvalue weighted by Crippen LogP contribution is 2.38. The van der Waals surface area contributed by atoms with Gasteiger partial charge in [0.15, 0.2) is 0 Å². The zero-order chi connectivity index (χ0) is 17.1. The first kappa shape index (κ1) is 15.6. The second-order valence-electron chi connectivity index (χ2n) is 6.62. The van der Waals surface area contributed by atoms with Crippen molar-refractivity contribution in [3.05, 3.63) is 102 Å². The van der Waals surface area contributed by atoms with Gasteiger partial charge < -0.3 is 4.90 Å². The number of nitrogens with zero attached hydrogens (tertiary/aromatic N) is 1. The van der Waals surface area contributed by atoms with Crippen LogP contribution in [-0.4, -0.2) is 12.5 Å². The number of para-hydroxylation sites is 1. The van der Waals surface area contributed by atoms with Crippen LogP contribution < -0.4 is 4.90 Å². The Hall–Kier alpha value is -2.87. The maximum absolute atomic E-state index is 13.2. The van der Waals surface area contributed by atoms with Gasteiger partial charge in [-0.2, -0.15) is 0 Å². The Morgan fingerprint density at radius 2 is 1.32 bits per heavy atom. The molecule has 3 aromatic carbocycles. The minimum atomic E-state index is -0.0818. The monoisotopic (exact) mass is 327 g/mol. The highest BCUT2D eigenvalue weighted by molar-refractivity contribution is 6.00. The minimum absolute atomic E-state index is 0.0818. The lowest BCUT2D eigenvalue weighted by Gasteiger charge is -2.17. The number of carbonyl (C=O) groups is 1. The van der Waals surface area contributed by atoms with E-state index in [9.17, 15) is 4.79 Å². The van der Waals surface area contributed by atoms with Gasteiger partial charge in [-0.1, -0.05) is 78.9 Å². The molecule has 2 atom stereocenters. The molecule has 1 fully saturated rings. The average Bonchev–Trinajstić information content (AvgIpc) is 3.00. The van der Waals surface area contributed by atoms with Crippen molar-refractivity contribution >= 4 is 11.6 Å². The summed E-state index contributed by atoms with van der Waals surface area (Å²) in [5, 5.41) is 0. The van der Waals surface area contributed by atoms with Crippen molar-refractivity contribution in [1.29, 1.82) is 0 Å². The molecule has 25 heavy (non-hydrogen) atoms. The van der Waals surface area contributed by atoms with Crippen molar-refractivity contribution in [1.82, 2.24) is 0 Å². The van der Waals surface area contributed by atoms with Crippen LogP contribution in [0.4, 0.5) is 5.69 Å². The zero-order valence-corrected chi connectivity index (χ0v) is 14.1. The van der Waals surface area contributed by atoms with E-state index in [1.807, 2.05) is 59.5 Å². The summed E-state index contributed by atoms with van der Waals surface area (Å²) in [6.45, 7) is 0.761. The highest BCUT2D eigenvalue weighted by atomic mass is 16.2. The van der Waals surface area contributed by atoms with Gasteiger partial charge in [0.1, 0.15) is 0 Å². The Bertz CT molecular complexity index is 830. The normalized spacial score (nSPS) is 20.0. The van der Waals surface area contributed by atoms with Gasteiger partial charge in [0, 0.05) is 12.2 Å². The summed E-state index contributed by atoms with van der Waals surface area (Å²) in [6, 6.07) is 30.7. The summed E-state index contributed by atoms with van der Waals surface area (Å²) in [5.41, 5.74) is 3.40. The predicted octanol–water partition coefficient (Wildman–Crippen LogP) is 4.68. The first-order valence-corrected chi connectivity index (χ1v) is 8.78. The molecule has 0 spiro atoms. The molecule has 0 radical (unpaired) electrons. The maximum atomic E-state index is 13.2. The van der Waals surface area contributed by atoms with E-state index < -0.39 is 0 Å². The van der Waals surface area contributed by atoms with Crippen LogP contribution in [0.2, 0.25) is 0 Å². The molecule has 1 heterocycles. The van der Waals surface area contributed by atoms with E-state index in [1.165, 1.54) is 5.56 Å². The molecule has 4 rings (SSSR count). The Morgan fingerprint density at radius 1 is 0.760 bits per heavy atom. The number of anilines is 1. The molecular formula is C23H21NO. The maximum Gasteiger partial charge on any atom is 0.234 e. The van der Waals surface area contributed by atoms with E-state index in [0.29, 0.717) is 0 Å². The molecule has 0 N–H and O–H groups in total. The van der Waals surface area contributed by atoms with Crippen molar-refractivity contribution in [2.45, 2.75) is 12.3 Å². The lowest BCUT2D eigenvalue weighted by molar-refractivity contribution is -0.118. The molecule has 0 aromatic heterocycles. The van der Waals surface area contributed by atoms with Crippen LogP contribution in [-0.2, 0) is 11.2 Å². The second-order valence-corrected chi connectivity index (χ2v) is 6.62. The van der Waals surface area contributed by atoms with E-state index in [4.69, 9.17) is 0 Å². The van der Waals surface area contributed by atoms with E-state index in [2.05, 4.69) is 36.4 Å². The van der Waals surface area contributed by atoms with Gasteiger partial charge in [-0.25, -0.2) is 0 Å². The fourth-order valence-corrected chi connectivity index (χ4v) is 3.81. The molecule has 0 aliphatic carbocycles. The van der Waals surface area contributed by atoms with E-state index in [1.54, 1.807) is 0 Å². The number of rotatable bonds is 4. The summed E-state index contributed by atoms with van der Waals surface area (Å²) in [6.07, 6.45) is 0.912. The summed E-state index contributed by atoms with van der Waals surface area (Å²) in [7, 11) is 0. The lowest BCUT2D eigenvalue weighted by atomic mass is 9.84. The second kappa shape index (κ2) is 6.94. The van der Waals surface area contributed by atoms with Crippen LogP contribution in [0, 0.1) is 5.92 Å². The fourth-order valence-electron chi connectivity index (χ4n) is 3.81. The summed E-state index contributed by atoms with van der Waals surface area (Å²) < 4.78 is 0. The van der Waals surface area contributed by atoms with Crippen LogP contribution in [0.15, 0.2) is 91.0 Å². The molecular weight excluding hydrogens is 306 g/mol. The van der Waals surface area contributed by atoms with Gasteiger partial charge >= 0.3 is 0 Å². The number of hydrogen-bond donors (Lipinski definition) is 0. The topological polar surface area (TPSA) is 20.3 Å². The van der Waals surface area contributed by atoms with Gasteiger partial charge in [-0.05, 0) is 35.6 Å². The fraction of sp³-hybridized carbons (Fsp3) is 0.174. The van der Waals surface area contributed by atoms with Crippen LogP contribution in [0.1, 0.15) is 17.0 Å². The molecule has 0 saturated carbocycles. The standard InChI is InChI=1S/C23H21NO/c25-23-22(19-12-6-2-7-13-19)20(16-18-10-4-1-5-11-18)17-24(23)21-14-8-3-9-15-21/h1-15,20,22H,16-17H2/t20-,22+/m1/s1. The van der Waals surface area contributed by atoms with Crippen molar-refractivity contribution < 1.29 is 4.79 Å². The van der Waals surface area contributed by atoms with Crippen molar-refractivity contribution in [3.63, 3.8) is 0 Å². The first-order chi connectivity index (χ1) is 12.3. The molecule has 2 heteroatoms. The van der Waals surface area contributed by atoms with Crippen molar-refractivity contribution in [2.75, 3.05) is 11.4 Å². The Kier molecular flexibility index (Phi) is 4.34. The third-order valence-electron chi connectivity index (χ3n) is 4.99. The van der Waals surface area contributed by atoms with Gasteiger partial charge in [-0.3, -0.25) is 4.79 Å². The third kappa shape index (κ3) is 3.20. The molecule has 1 saturated heterocycles. The predicted molar refractivity (Wildman–Crippen MR) is 102 cm³/mol. The van der Waals surface area contributed by atoms with Crippen LogP contribution in [0.5, 0.6) is 0 Å². The van der Waals surface area contributed by atoms with Crippen molar-refractivity contribution in [3.8, 4) is 0 Å². The largest absolute Gasteiger partial charge is 0.312 e. The van der Waals surface area contributed by atoms with Crippen LogP contribution in [0.25, 0.3) is 0 Å². The van der Waals surface area contributed by atoms with Crippen LogP contribution in [0.3, 0.4) is 0 Å². The lowest BCUT2D eigenvalue weighted by Crippen LogP contribution is -2.26. The van der Waals surface area contributed by atoms with Gasteiger partial charge in [0.05, 0.1) is 5.92 Å². The molecule has 124 valence electrons. The summed E-state index contributed by atoms with van der Waals surface area (Å²) >= 11 is 0. The Labute approximate surface area is 148 Å². The Morgan fingerprint density at radius 3 is 1.96 bits per heavy atom. The molecule has 3 aromatic rings. The Balaban J connectivity index is 1.68. The SMILES string of the molecule is O=C1[C@@H](c2ccccc2)[C@H](Cc2ccccc2)CN1c1ccccc1. The number of amides is 1. The number of hydrogen-bond acceptors (Lipinski definition) is 1. The molecule has 0 bridgehead atoms. The third-order valence-corrected chi connectivity index (χ3v) is 4.99. The molecule has 1 aliphatic rings. The number of benzene rings is 3. The van der Waals surface area contributed by atoms with Gasteiger partial charge in [0.25, 0.3) is 0 Å².